The molecule has 9 heteroatoms. The molecule has 7 nitrogen and oxygen atoms in total. The van der Waals surface area contributed by atoms with Gasteiger partial charge in [0.1, 0.15) is 0 Å². The molecule has 2 rings (SSSR count). The summed E-state index contributed by atoms with van der Waals surface area (Å²) in [5.41, 5.74) is 1.30. The number of halogens is 1. The number of benzene rings is 1. The van der Waals surface area contributed by atoms with Crippen LogP contribution >= 0.6 is 24.0 Å². The molecule has 30 heavy (non-hydrogen) atoms. The second-order valence-electron chi connectivity index (χ2n) is 7.96. The van der Waals surface area contributed by atoms with Crippen molar-refractivity contribution in [3.8, 4) is 0 Å². The minimum Gasteiger partial charge on any atom is -0.381 e. The molecular weight excluding hydrogens is 515 g/mol. The summed E-state index contributed by atoms with van der Waals surface area (Å²) in [6, 6.07) is 10.8. The van der Waals surface area contributed by atoms with Crippen molar-refractivity contribution in [2.24, 2.45) is 4.99 Å². The maximum absolute atomic E-state index is 12.4. The van der Waals surface area contributed by atoms with Gasteiger partial charge in [0, 0.05) is 52.2 Å². The quantitative estimate of drug-likeness (QED) is 0.278. The molecular formula is C21H37IN4O3S. The van der Waals surface area contributed by atoms with E-state index in [1.54, 1.807) is 7.05 Å². The van der Waals surface area contributed by atoms with Crippen molar-refractivity contribution in [1.82, 2.24) is 15.5 Å². The maximum atomic E-state index is 12.4. The minimum atomic E-state index is -3.20. The first kappa shape index (κ1) is 27.1. The number of guanidine groups is 1. The van der Waals surface area contributed by atoms with Crippen molar-refractivity contribution >= 4 is 39.8 Å². The molecule has 1 saturated heterocycles. The van der Waals surface area contributed by atoms with Crippen molar-refractivity contribution in [3.05, 3.63) is 35.9 Å². The van der Waals surface area contributed by atoms with Gasteiger partial charge in [-0.05, 0) is 38.8 Å². The number of ether oxygens (including phenoxy) is 1. The molecule has 1 atom stereocenters. The maximum Gasteiger partial charge on any atom is 0.191 e. The zero-order valence-electron chi connectivity index (χ0n) is 18.6. The number of sulfone groups is 1. The summed E-state index contributed by atoms with van der Waals surface area (Å²) in [6.45, 7) is 5.18. The van der Waals surface area contributed by atoms with E-state index in [1.807, 2.05) is 6.07 Å². The molecule has 1 aromatic carbocycles. The average molecular weight is 553 g/mol. The van der Waals surface area contributed by atoms with Crippen LogP contribution < -0.4 is 10.6 Å². The molecule has 0 aliphatic carbocycles. The van der Waals surface area contributed by atoms with Gasteiger partial charge in [-0.1, -0.05) is 30.3 Å². The molecule has 2 N–H and O–H groups in total. The minimum absolute atomic E-state index is 0. The van der Waals surface area contributed by atoms with Crippen molar-refractivity contribution in [2.75, 3.05) is 46.7 Å². The van der Waals surface area contributed by atoms with E-state index in [2.05, 4.69) is 58.8 Å². The average Bonchev–Trinajstić information content (AvgIpc) is 2.71. The van der Waals surface area contributed by atoms with Crippen LogP contribution in [0.5, 0.6) is 0 Å². The molecule has 1 fully saturated rings. The lowest BCUT2D eigenvalue weighted by molar-refractivity contribution is 0.0756. The highest BCUT2D eigenvalue weighted by Crippen LogP contribution is 2.28. The number of rotatable bonds is 9. The Morgan fingerprint density at radius 2 is 1.87 bits per heavy atom. The van der Waals surface area contributed by atoms with Crippen molar-refractivity contribution in [2.45, 2.75) is 43.5 Å². The first-order valence-corrected chi connectivity index (χ1v) is 12.1. The lowest BCUT2D eigenvalue weighted by Gasteiger charge is -2.35. The lowest BCUT2D eigenvalue weighted by atomic mass is 9.99. The Balaban J connectivity index is 0.00000450. The van der Waals surface area contributed by atoms with Gasteiger partial charge in [0.25, 0.3) is 0 Å². The van der Waals surface area contributed by atoms with Gasteiger partial charge in [-0.15, -0.1) is 24.0 Å². The zero-order chi connectivity index (χ0) is 21.3. The van der Waals surface area contributed by atoms with Gasteiger partial charge in [-0.2, -0.15) is 0 Å². The SMILES string of the molecule is CN=C(NCCC(C)N(C)Cc1ccccc1)NCC1(S(C)(=O)=O)CCOCC1.I. The van der Waals surface area contributed by atoms with Crippen LogP contribution in [0.25, 0.3) is 0 Å². The summed E-state index contributed by atoms with van der Waals surface area (Å²) in [7, 11) is 0.638. The second-order valence-corrected chi connectivity index (χ2v) is 10.4. The van der Waals surface area contributed by atoms with Crippen LogP contribution in [0.3, 0.4) is 0 Å². The second kappa shape index (κ2) is 12.8. The molecule has 0 aromatic heterocycles. The molecule has 1 unspecified atom stereocenters. The zero-order valence-corrected chi connectivity index (χ0v) is 21.7. The summed E-state index contributed by atoms with van der Waals surface area (Å²) < 4.78 is 29.3. The van der Waals surface area contributed by atoms with Crippen LogP contribution in [-0.4, -0.2) is 76.7 Å². The molecule has 0 radical (unpaired) electrons. The summed E-state index contributed by atoms with van der Waals surface area (Å²) in [4.78, 5) is 6.58. The van der Waals surface area contributed by atoms with E-state index >= 15 is 0 Å². The standard InChI is InChI=1S/C21H36N4O3S.HI/c1-18(25(3)16-19-8-6-5-7-9-19)10-13-23-20(22-2)24-17-21(29(4,26)27)11-14-28-15-12-21;/h5-9,18H,10-17H2,1-4H3,(H2,22,23,24);1H. The van der Waals surface area contributed by atoms with Crippen LogP contribution in [0.2, 0.25) is 0 Å². The smallest absolute Gasteiger partial charge is 0.191 e. The van der Waals surface area contributed by atoms with Crippen LogP contribution in [0.1, 0.15) is 31.7 Å². The van der Waals surface area contributed by atoms with Crippen molar-refractivity contribution in [3.63, 3.8) is 0 Å². The van der Waals surface area contributed by atoms with E-state index < -0.39 is 14.6 Å². The molecule has 1 aromatic rings. The van der Waals surface area contributed by atoms with Crippen molar-refractivity contribution < 1.29 is 13.2 Å². The van der Waals surface area contributed by atoms with Gasteiger partial charge in [0.15, 0.2) is 15.8 Å². The Morgan fingerprint density at radius 3 is 2.43 bits per heavy atom. The van der Waals surface area contributed by atoms with E-state index in [0.29, 0.717) is 44.6 Å². The lowest BCUT2D eigenvalue weighted by Crippen LogP contribution is -2.53. The molecule has 172 valence electrons. The normalized spacial score (nSPS) is 17.8. The van der Waals surface area contributed by atoms with Gasteiger partial charge in [0.05, 0.1) is 4.75 Å². The summed E-state index contributed by atoms with van der Waals surface area (Å²) in [6.07, 6.45) is 3.30. The highest BCUT2D eigenvalue weighted by molar-refractivity contribution is 14.0. The van der Waals surface area contributed by atoms with E-state index in [9.17, 15) is 8.42 Å². The Kier molecular flexibility index (Phi) is 11.6. The molecule has 0 amide bonds. The molecule has 1 aliphatic heterocycles. The molecule has 1 heterocycles. The molecule has 1 aliphatic rings. The van der Waals surface area contributed by atoms with Crippen LogP contribution in [-0.2, 0) is 21.1 Å². The van der Waals surface area contributed by atoms with E-state index in [1.165, 1.54) is 11.8 Å². The highest BCUT2D eigenvalue weighted by Gasteiger charge is 2.42. The number of nitrogens with zero attached hydrogens (tertiary/aromatic N) is 2. The first-order chi connectivity index (χ1) is 13.8. The Bertz CT molecular complexity index is 753. The van der Waals surface area contributed by atoms with Gasteiger partial charge < -0.3 is 15.4 Å². The van der Waals surface area contributed by atoms with E-state index in [0.717, 1.165) is 19.5 Å². The van der Waals surface area contributed by atoms with Crippen LogP contribution in [0, 0.1) is 0 Å². The fourth-order valence-corrected chi connectivity index (χ4v) is 4.78. The van der Waals surface area contributed by atoms with E-state index in [4.69, 9.17) is 4.74 Å². The fourth-order valence-electron chi connectivity index (χ4n) is 3.53. The third kappa shape index (κ3) is 7.97. The first-order valence-electron chi connectivity index (χ1n) is 10.2. The third-order valence-corrected chi connectivity index (χ3v) is 8.00. The van der Waals surface area contributed by atoms with Crippen LogP contribution in [0.15, 0.2) is 35.3 Å². The molecule has 0 spiro atoms. The van der Waals surface area contributed by atoms with Gasteiger partial charge in [-0.25, -0.2) is 8.42 Å². The Hall–Kier alpha value is -0.910. The van der Waals surface area contributed by atoms with E-state index in [-0.39, 0.29) is 24.0 Å². The number of nitrogens with one attached hydrogen (secondary N) is 2. The largest absolute Gasteiger partial charge is 0.381 e. The van der Waals surface area contributed by atoms with Gasteiger partial charge in [0.2, 0.25) is 0 Å². The van der Waals surface area contributed by atoms with Crippen LogP contribution in [0.4, 0.5) is 0 Å². The predicted molar refractivity (Wildman–Crippen MR) is 134 cm³/mol. The predicted octanol–water partition coefficient (Wildman–Crippen LogP) is 2.27. The monoisotopic (exact) mass is 552 g/mol. The summed E-state index contributed by atoms with van der Waals surface area (Å²) in [5.74, 6) is 0.637. The number of aliphatic imine (C=N–C) groups is 1. The highest BCUT2D eigenvalue weighted by atomic mass is 127. The van der Waals surface area contributed by atoms with Gasteiger partial charge in [-0.3, -0.25) is 9.89 Å². The number of hydrogen-bond donors (Lipinski definition) is 2. The fraction of sp³-hybridized carbons (Fsp3) is 0.667. The van der Waals surface area contributed by atoms with Crippen molar-refractivity contribution in [1.29, 1.82) is 0 Å². The number of hydrogen-bond acceptors (Lipinski definition) is 5. The summed E-state index contributed by atoms with van der Waals surface area (Å²) >= 11 is 0. The third-order valence-electron chi connectivity index (χ3n) is 5.87. The summed E-state index contributed by atoms with van der Waals surface area (Å²) in [5, 5.41) is 6.53. The topological polar surface area (TPSA) is 83.0 Å². The molecule has 0 saturated carbocycles. The Morgan fingerprint density at radius 1 is 1.23 bits per heavy atom. The van der Waals surface area contributed by atoms with Gasteiger partial charge >= 0.3 is 0 Å². The molecule has 0 bridgehead atoms. The Labute approximate surface area is 199 Å².